The van der Waals surface area contributed by atoms with Crippen LogP contribution in [0.1, 0.15) is 10.4 Å². The van der Waals surface area contributed by atoms with E-state index in [1.54, 1.807) is 6.07 Å². The Balaban J connectivity index is 2.15. The van der Waals surface area contributed by atoms with Crippen LogP contribution < -0.4 is 0 Å². The molecule has 3 rings (SSSR count). The van der Waals surface area contributed by atoms with Gasteiger partial charge in [0.05, 0.1) is 11.2 Å². The van der Waals surface area contributed by atoms with Crippen LogP contribution in [0.25, 0.3) is 22.2 Å². The Hall–Kier alpha value is -2.88. The van der Waals surface area contributed by atoms with Gasteiger partial charge in [-0.3, -0.25) is 0 Å². The zero-order valence-electron chi connectivity index (χ0n) is 10.4. The molecule has 1 aromatic heterocycles. The lowest BCUT2D eigenvalue weighted by molar-refractivity contribution is 0.0694. The van der Waals surface area contributed by atoms with E-state index in [0.717, 1.165) is 10.9 Å². The maximum atomic E-state index is 11.0. The van der Waals surface area contributed by atoms with Crippen molar-refractivity contribution in [2.75, 3.05) is 0 Å². The molecule has 2 aromatic carbocycles. The molecule has 1 heterocycles. The van der Waals surface area contributed by atoms with Crippen molar-refractivity contribution in [3.05, 3.63) is 60.2 Å². The van der Waals surface area contributed by atoms with E-state index in [0.29, 0.717) is 11.3 Å². The van der Waals surface area contributed by atoms with Gasteiger partial charge in [0, 0.05) is 10.9 Å². The Morgan fingerprint density at radius 1 is 1.00 bits per heavy atom. The summed E-state index contributed by atoms with van der Waals surface area (Å²) < 4.78 is 0. The van der Waals surface area contributed by atoms with Crippen molar-refractivity contribution >= 4 is 16.9 Å². The Bertz CT molecular complexity index is 812. The summed E-state index contributed by atoms with van der Waals surface area (Å²) in [7, 11) is 0. The lowest BCUT2D eigenvalue weighted by atomic mass is 10.1. The molecular formula is C16H11NO3. The van der Waals surface area contributed by atoms with Crippen LogP contribution in [0.3, 0.4) is 0 Å². The van der Waals surface area contributed by atoms with Crippen LogP contribution >= 0.6 is 0 Å². The number of hydrogen-bond donors (Lipinski definition) is 2. The van der Waals surface area contributed by atoms with E-state index in [-0.39, 0.29) is 11.3 Å². The third-order valence-electron chi connectivity index (χ3n) is 3.12. The molecule has 0 bridgehead atoms. The summed E-state index contributed by atoms with van der Waals surface area (Å²) in [6.45, 7) is 0. The zero-order chi connectivity index (χ0) is 14.1. The molecule has 4 heteroatoms. The van der Waals surface area contributed by atoms with Gasteiger partial charge in [0.15, 0.2) is 0 Å². The number of nitrogens with zero attached hydrogens (tertiary/aromatic N) is 1. The first-order chi connectivity index (χ1) is 9.65. The smallest absolute Gasteiger partial charge is 0.339 e. The van der Waals surface area contributed by atoms with Gasteiger partial charge in [-0.05, 0) is 30.3 Å². The highest BCUT2D eigenvalue weighted by atomic mass is 16.4. The SMILES string of the molecule is O=C(O)c1cc(-c2ccc3ccccc3n2)ccc1O. The van der Waals surface area contributed by atoms with Crippen molar-refractivity contribution in [1.29, 1.82) is 0 Å². The van der Waals surface area contributed by atoms with Crippen molar-refractivity contribution in [2.24, 2.45) is 0 Å². The average molecular weight is 265 g/mol. The van der Waals surface area contributed by atoms with Gasteiger partial charge >= 0.3 is 5.97 Å². The number of fused-ring (bicyclic) bond motifs is 1. The quantitative estimate of drug-likeness (QED) is 0.745. The fourth-order valence-electron chi connectivity index (χ4n) is 2.09. The minimum Gasteiger partial charge on any atom is -0.507 e. The molecule has 0 aliphatic heterocycles. The minimum absolute atomic E-state index is 0.127. The van der Waals surface area contributed by atoms with Gasteiger partial charge in [-0.15, -0.1) is 0 Å². The van der Waals surface area contributed by atoms with E-state index >= 15 is 0 Å². The molecule has 3 aromatic rings. The number of hydrogen-bond acceptors (Lipinski definition) is 3. The number of para-hydroxylation sites is 1. The zero-order valence-corrected chi connectivity index (χ0v) is 10.4. The van der Waals surface area contributed by atoms with Crippen LogP contribution in [0.15, 0.2) is 54.6 Å². The molecule has 0 saturated carbocycles. The maximum Gasteiger partial charge on any atom is 0.339 e. The monoisotopic (exact) mass is 265 g/mol. The Morgan fingerprint density at radius 3 is 2.60 bits per heavy atom. The van der Waals surface area contributed by atoms with Crippen LogP contribution in [0, 0.1) is 0 Å². The molecule has 0 amide bonds. The highest BCUT2D eigenvalue weighted by Crippen LogP contribution is 2.26. The van der Waals surface area contributed by atoms with E-state index in [2.05, 4.69) is 4.98 Å². The fourth-order valence-corrected chi connectivity index (χ4v) is 2.09. The molecule has 4 nitrogen and oxygen atoms in total. The minimum atomic E-state index is -1.16. The predicted molar refractivity (Wildman–Crippen MR) is 75.8 cm³/mol. The van der Waals surface area contributed by atoms with Crippen molar-refractivity contribution in [2.45, 2.75) is 0 Å². The van der Waals surface area contributed by atoms with Crippen LogP contribution in [0.4, 0.5) is 0 Å². The number of carboxylic acids is 1. The second-order valence-corrected chi connectivity index (χ2v) is 4.43. The van der Waals surface area contributed by atoms with Gasteiger partial charge in [-0.25, -0.2) is 9.78 Å². The lowest BCUT2D eigenvalue weighted by Gasteiger charge is -2.05. The normalized spacial score (nSPS) is 10.6. The van der Waals surface area contributed by atoms with E-state index in [4.69, 9.17) is 5.11 Å². The number of aromatic hydroxyl groups is 1. The summed E-state index contributed by atoms with van der Waals surface area (Å²) in [5, 5.41) is 19.6. The molecule has 0 atom stereocenters. The van der Waals surface area contributed by atoms with Crippen LogP contribution in [0.5, 0.6) is 5.75 Å². The first-order valence-corrected chi connectivity index (χ1v) is 6.07. The van der Waals surface area contributed by atoms with Crippen molar-refractivity contribution in [3.63, 3.8) is 0 Å². The molecule has 0 aliphatic carbocycles. The topological polar surface area (TPSA) is 70.4 Å². The van der Waals surface area contributed by atoms with Crippen LogP contribution in [-0.2, 0) is 0 Å². The third kappa shape index (κ3) is 2.07. The van der Waals surface area contributed by atoms with Crippen LogP contribution in [-0.4, -0.2) is 21.2 Å². The molecule has 0 fully saturated rings. The highest BCUT2D eigenvalue weighted by Gasteiger charge is 2.11. The predicted octanol–water partition coefficient (Wildman–Crippen LogP) is 3.31. The average Bonchev–Trinajstić information content (AvgIpc) is 2.47. The number of carbonyl (C=O) groups is 1. The van der Waals surface area contributed by atoms with Crippen molar-refractivity contribution in [1.82, 2.24) is 4.98 Å². The molecule has 2 N–H and O–H groups in total. The number of carboxylic acid groups (broad SMARTS) is 1. The van der Waals surface area contributed by atoms with Gasteiger partial charge in [-0.1, -0.05) is 24.3 Å². The van der Waals surface area contributed by atoms with Crippen molar-refractivity contribution < 1.29 is 15.0 Å². The summed E-state index contributed by atoms with van der Waals surface area (Å²) >= 11 is 0. The standard InChI is InChI=1S/C16H11NO3/c18-15-8-6-11(9-12(15)16(19)20)14-7-5-10-3-1-2-4-13(10)17-14/h1-9,18H,(H,19,20). The Kier molecular flexibility index (Phi) is 2.84. The van der Waals surface area contributed by atoms with Gasteiger partial charge in [0.2, 0.25) is 0 Å². The van der Waals surface area contributed by atoms with Crippen LogP contribution in [0.2, 0.25) is 0 Å². The summed E-state index contributed by atoms with van der Waals surface area (Å²) in [5.41, 5.74) is 2.05. The van der Waals surface area contributed by atoms with Crippen molar-refractivity contribution in [3.8, 4) is 17.0 Å². The summed E-state index contributed by atoms with van der Waals surface area (Å²) in [6, 6.07) is 15.9. The second kappa shape index (κ2) is 4.66. The molecule has 98 valence electrons. The highest BCUT2D eigenvalue weighted by molar-refractivity contribution is 5.92. The molecular weight excluding hydrogens is 254 g/mol. The lowest BCUT2D eigenvalue weighted by Crippen LogP contribution is -1.97. The maximum absolute atomic E-state index is 11.0. The van der Waals surface area contributed by atoms with E-state index in [9.17, 15) is 9.90 Å². The molecule has 0 saturated heterocycles. The Morgan fingerprint density at radius 2 is 1.80 bits per heavy atom. The summed E-state index contributed by atoms with van der Waals surface area (Å²) in [6.07, 6.45) is 0. The number of benzene rings is 2. The molecule has 0 unspecified atom stereocenters. The van der Waals surface area contributed by atoms with E-state index in [1.807, 2.05) is 36.4 Å². The number of rotatable bonds is 2. The third-order valence-corrected chi connectivity index (χ3v) is 3.12. The van der Waals surface area contributed by atoms with E-state index < -0.39 is 5.97 Å². The largest absolute Gasteiger partial charge is 0.507 e. The molecule has 20 heavy (non-hydrogen) atoms. The second-order valence-electron chi connectivity index (χ2n) is 4.43. The van der Waals surface area contributed by atoms with Gasteiger partial charge in [0.1, 0.15) is 11.3 Å². The number of aromatic carboxylic acids is 1. The first kappa shape index (κ1) is 12.2. The van der Waals surface area contributed by atoms with Gasteiger partial charge in [-0.2, -0.15) is 0 Å². The molecule has 0 aliphatic rings. The Labute approximate surface area is 115 Å². The van der Waals surface area contributed by atoms with Gasteiger partial charge < -0.3 is 10.2 Å². The molecule has 0 radical (unpaired) electrons. The summed E-state index contributed by atoms with van der Waals surface area (Å²) in [5.74, 6) is -1.41. The molecule has 0 spiro atoms. The number of phenols is 1. The fraction of sp³-hybridized carbons (Fsp3) is 0. The summed E-state index contributed by atoms with van der Waals surface area (Å²) in [4.78, 5) is 15.5. The first-order valence-electron chi connectivity index (χ1n) is 6.07. The van der Waals surface area contributed by atoms with E-state index in [1.165, 1.54) is 12.1 Å². The number of aromatic nitrogens is 1. The number of pyridine rings is 1. The van der Waals surface area contributed by atoms with Gasteiger partial charge in [0.25, 0.3) is 0 Å².